The largest absolute Gasteiger partial charge is 0.394 e. The molecule has 0 unspecified atom stereocenters. The van der Waals surface area contributed by atoms with Gasteiger partial charge >= 0.3 is 0 Å². The van der Waals surface area contributed by atoms with Gasteiger partial charge in [0, 0.05) is 0 Å². The number of benzene rings is 2. The molecule has 0 aliphatic heterocycles. The predicted molar refractivity (Wildman–Crippen MR) is 90.5 cm³/mol. The summed E-state index contributed by atoms with van der Waals surface area (Å²) < 4.78 is 9.75. The van der Waals surface area contributed by atoms with Crippen molar-refractivity contribution in [2.75, 3.05) is 39.6 Å². The highest BCUT2D eigenvalue weighted by Gasteiger charge is 2.15. The van der Waals surface area contributed by atoms with Gasteiger partial charge in [0.2, 0.25) is 0 Å². The fourth-order valence-electron chi connectivity index (χ4n) is 2.53. The molecule has 2 aromatic carbocycles. The molecule has 0 atom stereocenters. The van der Waals surface area contributed by atoms with E-state index >= 15 is 0 Å². The third kappa shape index (κ3) is 5.44. The topological polar surface area (TPSA) is 58.9 Å². The molecule has 1 aliphatic rings. The summed E-state index contributed by atoms with van der Waals surface area (Å²) in [6.45, 7) is 1.73. The van der Waals surface area contributed by atoms with Crippen molar-refractivity contribution < 1.29 is 19.7 Å². The van der Waals surface area contributed by atoms with E-state index in [-0.39, 0.29) is 13.2 Å². The molecule has 124 valence electrons. The Kier molecular flexibility index (Phi) is 7.77. The van der Waals surface area contributed by atoms with Crippen LogP contribution in [0.5, 0.6) is 0 Å². The molecule has 0 amide bonds. The molecule has 0 spiro atoms. The zero-order valence-electron chi connectivity index (χ0n) is 13.3. The van der Waals surface area contributed by atoms with Crippen LogP contribution in [0.3, 0.4) is 0 Å². The molecule has 0 radical (unpaired) electrons. The van der Waals surface area contributed by atoms with E-state index in [1.165, 1.54) is 22.3 Å². The summed E-state index contributed by atoms with van der Waals surface area (Å²) in [7, 11) is 0. The van der Waals surface area contributed by atoms with Gasteiger partial charge in [-0.25, -0.2) is 0 Å². The fraction of sp³-hybridized carbons (Fsp3) is 0.368. The van der Waals surface area contributed by atoms with E-state index in [2.05, 4.69) is 48.5 Å². The van der Waals surface area contributed by atoms with E-state index in [1.54, 1.807) is 0 Å². The van der Waals surface area contributed by atoms with Crippen molar-refractivity contribution in [1.82, 2.24) is 0 Å². The van der Waals surface area contributed by atoms with Crippen LogP contribution in [0.15, 0.2) is 48.5 Å². The maximum absolute atomic E-state index is 8.26. The number of hydrogen-bond acceptors (Lipinski definition) is 4. The molecule has 4 nitrogen and oxygen atoms in total. The normalized spacial score (nSPS) is 11.4. The molecule has 4 heteroatoms. The Balaban J connectivity index is 0.000000175. The fourth-order valence-corrected chi connectivity index (χ4v) is 2.53. The van der Waals surface area contributed by atoms with Crippen molar-refractivity contribution in [3.8, 4) is 11.1 Å². The van der Waals surface area contributed by atoms with Crippen LogP contribution >= 0.6 is 0 Å². The minimum absolute atomic E-state index is 0.0417. The van der Waals surface area contributed by atoms with E-state index in [1.807, 2.05) is 0 Å². The Labute approximate surface area is 137 Å². The van der Waals surface area contributed by atoms with E-state index in [0.717, 1.165) is 6.42 Å². The predicted octanol–water partition coefficient (Wildman–Crippen LogP) is 2.26. The minimum Gasteiger partial charge on any atom is -0.394 e. The first-order valence-electron chi connectivity index (χ1n) is 7.90. The Bertz CT molecular complexity index is 532. The van der Waals surface area contributed by atoms with Gasteiger partial charge in [0.25, 0.3) is 0 Å². The lowest BCUT2D eigenvalue weighted by Gasteiger charge is -2.01. The van der Waals surface area contributed by atoms with Gasteiger partial charge in [-0.15, -0.1) is 0 Å². The zero-order chi connectivity index (χ0) is 16.3. The lowest BCUT2D eigenvalue weighted by atomic mass is 10.1. The van der Waals surface area contributed by atoms with Crippen molar-refractivity contribution in [2.24, 2.45) is 0 Å². The van der Waals surface area contributed by atoms with Gasteiger partial charge in [0.1, 0.15) is 0 Å². The van der Waals surface area contributed by atoms with Crippen molar-refractivity contribution in [3.63, 3.8) is 0 Å². The number of fused-ring (bicyclic) bond motifs is 3. The Hall–Kier alpha value is -1.72. The van der Waals surface area contributed by atoms with Crippen molar-refractivity contribution >= 4 is 0 Å². The van der Waals surface area contributed by atoms with Gasteiger partial charge in [0.05, 0.1) is 39.6 Å². The third-order valence-corrected chi connectivity index (χ3v) is 3.55. The van der Waals surface area contributed by atoms with Crippen LogP contribution in [0.25, 0.3) is 11.1 Å². The summed E-state index contributed by atoms with van der Waals surface area (Å²) in [5.74, 6) is 0. The lowest BCUT2D eigenvalue weighted by molar-refractivity contribution is 0.0222. The Morgan fingerprint density at radius 3 is 1.52 bits per heavy atom. The molecule has 1 aliphatic carbocycles. The van der Waals surface area contributed by atoms with E-state index in [0.29, 0.717) is 26.4 Å². The molecule has 0 fully saturated rings. The second kappa shape index (κ2) is 10.1. The maximum Gasteiger partial charge on any atom is 0.0701 e. The van der Waals surface area contributed by atoms with Crippen LogP contribution in [0.2, 0.25) is 0 Å². The molecule has 0 heterocycles. The van der Waals surface area contributed by atoms with Gasteiger partial charge in [-0.3, -0.25) is 0 Å². The summed E-state index contributed by atoms with van der Waals surface area (Å²) in [5, 5.41) is 16.5. The smallest absolute Gasteiger partial charge is 0.0701 e. The highest BCUT2D eigenvalue weighted by atomic mass is 16.5. The van der Waals surface area contributed by atoms with Crippen LogP contribution in [-0.2, 0) is 15.9 Å². The molecule has 2 N–H and O–H groups in total. The van der Waals surface area contributed by atoms with Gasteiger partial charge in [0.15, 0.2) is 0 Å². The van der Waals surface area contributed by atoms with Crippen LogP contribution in [0.1, 0.15) is 11.1 Å². The highest BCUT2D eigenvalue weighted by molar-refractivity contribution is 5.76. The second-order valence-corrected chi connectivity index (χ2v) is 5.16. The summed E-state index contributed by atoms with van der Waals surface area (Å²) in [5.41, 5.74) is 5.75. The molecular weight excluding hydrogens is 292 g/mol. The molecule has 0 bridgehead atoms. The lowest BCUT2D eigenvalue weighted by Crippen LogP contribution is -2.09. The third-order valence-electron chi connectivity index (χ3n) is 3.55. The summed E-state index contributed by atoms with van der Waals surface area (Å²) in [6.07, 6.45) is 1.10. The average Bonchev–Trinajstić information content (AvgIpc) is 2.97. The second-order valence-electron chi connectivity index (χ2n) is 5.16. The van der Waals surface area contributed by atoms with Gasteiger partial charge in [-0.2, -0.15) is 0 Å². The molecule has 23 heavy (non-hydrogen) atoms. The summed E-state index contributed by atoms with van der Waals surface area (Å²) in [4.78, 5) is 0. The zero-order valence-corrected chi connectivity index (χ0v) is 13.3. The number of aliphatic hydroxyl groups is 2. The maximum atomic E-state index is 8.26. The van der Waals surface area contributed by atoms with Gasteiger partial charge in [-0.1, -0.05) is 48.5 Å². The van der Waals surface area contributed by atoms with Crippen LogP contribution in [0.4, 0.5) is 0 Å². The number of aliphatic hydroxyl groups excluding tert-OH is 2. The first kappa shape index (κ1) is 17.6. The summed E-state index contributed by atoms with van der Waals surface area (Å²) >= 11 is 0. The Morgan fingerprint density at radius 1 is 0.652 bits per heavy atom. The van der Waals surface area contributed by atoms with E-state index in [9.17, 15) is 0 Å². The van der Waals surface area contributed by atoms with Crippen LogP contribution in [-0.4, -0.2) is 49.9 Å². The van der Waals surface area contributed by atoms with Crippen molar-refractivity contribution in [2.45, 2.75) is 6.42 Å². The van der Waals surface area contributed by atoms with Crippen molar-refractivity contribution in [3.05, 3.63) is 59.7 Å². The molecule has 3 rings (SSSR count). The number of hydrogen-bond donors (Lipinski definition) is 2. The summed E-state index contributed by atoms with van der Waals surface area (Å²) in [6, 6.07) is 17.3. The van der Waals surface area contributed by atoms with E-state index in [4.69, 9.17) is 19.7 Å². The van der Waals surface area contributed by atoms with Gasteiger partial charge < -0.3 is 19.7 Å². The standard InChI is InChI=1S/C13H10.C6H14O4/c1-3-7-12-10(5-1)9-11-6-2-4-8-13(11)12;7-1-3-9-5-6-10-4-2-8/h1-8H,9H2;7-8H,1-6H2. The first-order valence-corrected chi connectivity index (χ1v) is 7.90. The highest BCUT2D eigenvalue weighted by Crippen LogP contribution is 2.35. The minimum atomic E-state index is 0.0417. The van der Waals surface area contributed by atoms with Crippen LogP contribution in [0, 0.1) is 0 Å². The molecule has 0 saturated heterocycles. The molecular formula is C19H24O4. The molecule has 2 aromatic rings. The van der Waals surface area contributed by atoms with E-state index < -0.39 is 0 Å². The number of rotatable bonds is 7. The monoisotopic (exact) mass is 316 g/mol. The average molecular weight is 316 g/mol. The Morgan fingerprint density at radius 2 is 1.09 bits per heavy atom. The molecule has 0 aromatic heterocycles. The van der Waals surface area contributed by atoms with Crippen LogP contribution < -0.4 is 0 Å². The first-order chi connectivity index (χ1) is 11.4. The van der Waals surface area contributed by atoms with Gasteiger partial charge in [-0.05, 0) is 28.7 Å². The SMILES string of the molecule is OCCOCCOCCO.c1ccc2c(c1)Cc1ccccc1-2. The molecule has 0 saturated carbocycles. The quantitative estimate of drug-likeness (QED) is 0.657. The van der Waals surface area contributed by atoms with Crippen molar-refractivity contribution in [1.29, 1.82) is 0 Å². The number of ether oxygens (including phenoxy) is 2.